The van der Waals surface area contributed by atoms with Crippen LogP contribution in [-0.2, 0) is 22.4 Å². The lowest BCUT2D eigenvalue weighted by Gasteiger charge is -2.09. The summed E-state index contributed by atoms with van der Waals surface area (Å²) in [5.74, 6) is 0.459. The van der Waals surface area contributed by atoms with Crippen molar-refractivity contribution in [3.05, 3.63) is 28.3 Å². The summed E-state index contributed by atoms with van der Waals surface area (Å²) in [6.45, 7) is -1.04. The lowest BCUT2D eigenvalue weighted by atomic mass is 10.0. The van der Waals surface area contributed by atoms with Crippen LogP contribution in [0.1, 0.15) is 17.5 Å². The molecule has 0 atom stereocenters. The van der Waals surface area contributed by atoms with Crippen molar-refractivity contribution in [3.8, 4) is 5.75 Å². The number of carbonyl (C=O) groups is 1. The molecule has 0 saturated heterocycles. The van der Waals surface area contributed by atoms with E-state index in [0.717, 1.165) is 12.0 Å². The zero-order valence-electron chi connectivity index (χ0n) is 11.1. The van der Waals surface area contributed by atoms with Gasteiger partial charge in [0.2, 0.25) is 0 Å². The molecule has 7 heteroatoms. The Labute approximate surface area is 125 Å². The Balaban J connectivity index is 1.86. The van der Waals surface area contributed by atoms with Gasteiger partial charge < -0.3 is 9.47 Å². The third kappa shape index (κ3) is 4.89. The molecular weight excluding hydrogens is 309 g/mol. The molecule has 116 valence electrons. The summed E-state index contributed by atoms with van der Waals surface area (Å²) < 4.78 is 45.5. The number of rotatable bonds is 6. The summed E-state index contributed by atoms with van der Waals surface area (Å²) in [5.41, 5.74) is 1.63. The minimum absolute atomic E-state index is 0.0721. The fourth-order valence-electron chi connectivity index (χ4n) is 2.15. The molecule has 0 fully saturated rings. The van der Waals surface area contributed by atoms with E-state index in [4.69, 9.17) is 16.3 Å². The molecule has 2 rings (SSSR count). The van der Waals surface area contributed by atoms with Gasteiger partial charge in [0.05, 0.1) is 13.2 Å². The number of Topliss-reactive ketones (excluding diaryl/α,β-unsaturated/α-hetero) is 1. The van der Waals surface area contributed by atoms with Gasteiger partial charge in [-0.25, -0.2) is 0 Å². The van der Waals surface area contributed by atoms with E-state index in [1.807, 2.05) is 0 Å². The average Bonchev–Trinajstić information content (AvgIpc) is 2.81. The Hall–Kier alpha value is -1.27. The van der Waals surface area contributed by atoms with Gasteiger partial charge in [-0.15, -0.1) is 0 Å². The third-order valence-electron chi connectivity index (χ3n) is 3.00. The fourth-order valence-corrected chi connectivity index (χ4v) is 2.42. The normalized spacial score (nSPS) is 13.9. The summed E-state index contributed by atoms with van der Waals surface area (Å²) in [6, 6.07) is 3.45. The highest BCUT2D eigenvalue weighted by Gasteiger charge is 2.27. The van der Waals surface area contributed by atoms with Crippen LogP contribution >= 0.6 is 11.6 Å². The quantitative estimate of drug-likeness (QED) is 0.753. The second kappa shape index (κ2) is 6.66. The number of fused-ring (bicyclic) bond motifs is 1. The van der Waals surface area contributed by atoms with Crippen molar-refractivity contribution in [2.75, 3.05) is 19.8 Å². The van der Waals surface area contributed by atoms with Crippen molar-refractivity contribution >= 4 is 17.4 Å². The monoisotopic (exact) mass is 322 g/mol. The molecular formula is C14H14ClF3O3. The first-order valence-corrected chi connectivity index (χ1v) is 6.83. The van der Waals surface area contributed by atoms with E-state index in [9.17, 15) is 18.0 Å². The molecule has 0 aliphatic carbocycles. The van der Waals surface area contributed by atoms with Crippen LogP contribution in [0.5, 0.6) is 5.75 Å². The molecule has 1 aliphatic heterocycles. The number of alkyl halides is 3. The lowest BCUT2D eigenvalue weighted by molar-refractivity contribution is -0.174. The molecule has 3 nitrogen and oxygen atoms in total. The van der Waals surface area contributed by atoms with Crippen LogP contribution < -0.4 is 4.74 Å². The van der Waals surface area contributed by atoms with Gasteiger partial charge in [-0.05, 0) is 17.7 Å². The summed E-state index contributed by atoms with van der Waals surface area (Å²) >= 11 is 5.97. The first-order chi connectivity index (χ1) is 9.85. The Morgan fingerprint density at radius 3 is 2.86 bits per heavy atom. The Morgan fingerprint density at radius 1 is 1.38 bits per heavy atom. The number of benzene rings is 1. The molecule has 0 saturated carbocycles. The highest BCUT2D eigenvalue weighted by Crippen LogP contribution is 2.33. The lowest BCUT2D eigenvalue weighted by Crippen LogP contribution is -2.18. The maximum absolute atomic E-state index is 11.9. The second-order valence-corrected chi connectivity index (χ2v) is 5.22. The zero-order valence-corrected chi connectivity index (χ0v) is 11.9. The van der Waals surface area contributed by atoms with E-state index < -0.39 is 12.8 Å². The van der Waals surface area contributed by atoms with Gasteiger partial charge in [0.15, 0.2) is 0 Å². The minimum atomic E-state index is -4.37. The van der Waals surface area contributed by atoms with Crippen molar-refractivity contribution < 1.29 is 27.4 Å². The van der Waals surface area contributed by atoms with Gasteiger partial charge in [-0.3, -0.25) is 4.79 Å². The maximum atomic E-state index is 11.9. The van der Waals surface area contributed by atoms with Gasteiger partial charge in [0, 0.05) is 29.8 Å². The molecule has 0 N–H and O–H groups in total. The van der Waals surface area contributed by atoms with Crippen LogP contribution in [0.4, 0.5) is 13.2 Å². The van der Waals surface area contributed by atoms with Gasteiger partial charge in [-0.1, -0.05) is 11.6 Å². The molecule has 0 unspecified atom stereocenters. The molecule has 1 heterocycles. The third-order valence-corrected chi connectivity index (χ3v) is 3.22. The first kappa shape index (κ1) is 16.1. The van der Waals surface area contributed by atoms with Crippen molar-refractivity contribution in [3.63, 3.8) is 0 Å². The molecule has 0 bridgehead atoms. The number of hydrogen-bond donors (Lipinski definition) is 0. The van der Waals surface area contributed by atoms with E-state index in [-0.39, 0.29) is 25.2 Å². The van der Waals surface area contributed by atoms with Crippen molar-refractivity contribution in [2.45, 2.75) is 25.4 Å². The summed E-state index contributed by atoms with van der Waals surface area (Å²) in [7, 11) is 0. The number of halogens is 4. The molecule has 0 spiro atoms. The molecule has 21 heavy (non-hydrogen) atoms. The minimum Gasteiger partial charge on any atom is -0.493 e. The maximum Gasteiger partial charge on any atom is 0.411 e. The predicted molar refractivity (Wildman–Crippen MR) is 70.9 cm³/mol. The van der Waals surface area contributed by atoms with Crippen LogP contribution in [0.25, 0.3) is 0 Å². The van der Waals surface area contributed by atoms with Crippen LogP contribution in [0.3, 0.4) is 0 Å². The number of hydrogen-bond acceptors (Lipinski definition) is 3. The number of ether oxygens (including phenoxy) is 2. The Morgan fingerprint density at radius 2 is 2.14 bits per heavy atom. The van der Waals surface area contributed by atoms with E-state index in [2.05, 4.69) is 4.74 Å². The van der Waals surface area contributed by atoms with Crippen LogP contribution in [-0.4, -0.2) is 31.8 Å². The topological polar surface area (TPSA) is 35.5 Å². The summed E-state index contributed by atoms with van der Waals surface area (Å²) in [5, 5.41) is 0.523. The largest absolute Gasteiger partial charge is 0.493 e. The van der Waals surface area contributed by atoms with Crippen molar-refractivity contribution in [1.82, 2.24) is 0 Å². The van der Waals surface area contributed by atoms with Crippen LogP contribution in [0, 0.1) is 0 Å². The van der Waals surface area contributed by atoms with Crippen LogP contribution in [0.15, 0.2) is 12.1 Å². The number of carbonyl (C=O) groups excluding carboxylic acids is 1. The zero-order chi connectivity index (χ0) is 15.5. The number of ketones is 1. The first-order valence-electron chi connectivity index (χ1n) is 6.45. The van der Waals surface area contributed by atoms with Gasteiger partial charge in [0.1, 0.15) is 18.1 Å². The van der Waals surface area contributed by atoms with E-state index >= 15 is 0 Å². The molecule has 0 aromatic heterocycles. The van der Waals surface area contributed by atoms with Crippen molar-refractivity contribution in [1.29, 1.82) is 0 Å². The van der Waals surface area contributed by atoms with Gasteiger partial charge >= 0.3 is 6.18 Å². The Kier molecular flexibility index (Phi) is 5.11. The second-order valence-electron chi connectivity index (χ2n) is 4.78. The van der Waals surface area contributed by atoms with Gasteiger partial charge in [0.25, 0.3) is 0 Å². The SMILES string of the molecule is O=C(CCOCC(F)(F)F)Cc1cc(Cl)cc2c1OCC2. The Bertz CT molecular complexity index is 529. The van der Waals surface area contributed by atoms with E-state index in [1.54, 1.807) is 12.1 Å². The highest BCUT2D eigenvalue weighted by molar-refractivity contribution is 6.30. The van der Waals surface area contributed by atoms with E-state index in [1.165, 1.54) is 0 Å². The average molecular weight is 323 g/mol. The molecule has 1 aromatic carbocycles. The fraction of sp³-hybridized carbons (Fsp3) is 0.500. The smallest absolute Gasteiger partial charge is 0.411 e. The molecule has 0 radical (unpaired) electrons. The highest BCUT2D eigenvalue weighted by atomic mass is 35.5. The molecule has 1 aliphatic rings. The molecule has 0 amide bonds. The molecule has 1 aromatic rings. The van der Waals surface area contributed by atoms with E-state index in [0.29, 0.717) is 22.9 Å². The van der Waals surface area contributed by atoms with Gasteiger partial charge in [-0.2, -0.15) is 13.2 Å². The summed E-state index contributed by atoms with van der Waals surface area (Å²) in [4.78, 5) is 11.8. The summed E-state index contributed by atoms with van der Waals surface area (Å²) in [6.07, 6.45) is -3.62. The standard InChI is InChI=1S/C14H14ClF3O3/c15-11-5-9-1-4-21-13(9)10(6-11)7-12(19)2-3-20-8-14(16,17)18/h5-6H,1-4,7-8H2. The predicted octanol–water partition coefficient (Wildman–Crippen LogP) is 3.36. The van der Waals surface area contributed by atoms with Crippen LogP contribution in [0.2, 0.25) is 5.02 Å². The van der Waals surface area contributed by atoms with Crippen molar-refractivity contribution in [2.24, 2.45) is 0 Å².